The molecule has 144 valence electrons. The van der Waals surface area contributed by atoms with E-state index in [0.717, 1.165) is 12.8 Å². The van der Waals surface area contributed by atoms with Gasteiger partial charge < -0.3 is 14.5 Å². The zero-order valence-corrected chi connectivity index (χ0v) is 16.6. The fourth-order valence-electron chi connectivity index (χ4n) is 3.13. The molecule has 0 unspecified atom stereocenters. The largest absolute Gasteiger partial charge is 0.450 e. The van der Waals surface area contributed by atoms with Crippen LogP contribution in [0.15, 0.2) is 24.3 Å². The quantitative estimate of drug-likeness (QED) is 0.806. The topological polar surface area (TPSA) is 49.9 Å². The Morgan fingerprint density at radius 2 is 1.58 bits per heavy atom. The van der Waals surface area contributed by atoms with E-state index in [0.29, 0.717) is 39.2 Å². The first-order chi connectivity index (χ1) is 12.3. The molecule has 0 bridgehead atoms. The number of nitrogens with zero attached hydrogens (tertiary/aromatic N) is 2. The fourth-order valence-corrected chi connectivity index (χ4v) is 3.13. The third-order valence-corrected chi connectivity index (χ3v) is 4.83. The molecule has 0 radical (unpaired) electrons. The SMILES string of the molecule is CCOC(=O)N1CCN(C(=O)CCCc2ccc(C(C)(C)C)cc2)CC1. The molecular formula is C21H32N2O3. The van der Waals surface area contributed by atoms with Gasteiger partial charge in [0.05, 0.1) is 6.61 Å². The second-order valence-corrected chi connectivity index (χ2v) is 7.87. The maximum absolute atomic E-state index is 12.4. The minimum atomic E-state index is -0.279. The lowest BCUT2D eigenvalue weighted by Gasteiger charge is -2.34. The minimum Gasteiger partial charge on any atom is -0.450 e. The molecule has 1 aliphatic rings. The van der Waals surface area contributed by atoms with Crippen LogP contribution in [0.1, 0.15) is 51.7 Å². The molecule has 1 fully saturated rings. The highest BCUT2D eigenvalue weighted by Gasteiger charge is 2.24. The third kappa shape index (κ3) is 5.75. The van der Waals surface area contributed by atoms with Crippen molar-refractivity contribution < 1.29 is 14.3 Å². The standard InChI is InChI=1S/C21H32N2O3/c1-5-26-20(25)23-15-13-22(14-16-23)19(24)8-6-7-17-9-11-18(12-10-17)21(2,3)4/h9-12H,5-8,13-16H2,1-4H3. The fraction of sp³-hybridized carbons (Fsp3) is 0.619. The Morgan fingerprint density at radius 1 is 1.00 bits per heavy atom. The van der Waals surface area contributed by atoms with Crippen LogP contribution in [-0.2, 0) is 21.4 Å². The summed E-state index contributed by atoms with van der Waals surface area (Å²) in [5.41, 5.74) is 2.77. The van der Waals surface area contributed by atoms with Crippen molar-refractivity contribution in [2.45, 2.75) is 52.4 Å². The summed E-state index contributed by atoms with van der Waals surface area (Å²) in [7, 11) is 0. The highest BCUT2D eigenvalue weighted by molar-refractivity contribution is 5.76. The molecule has 0 atom stereocenters. The molecule has 2 rings (SSSR count). The Morgan fingerprint density at radius 3 is 2.12 bits per heavy atom. The van der Waals surface area contributed by atoms with Gasteiger partial charge >= 0.3 is 6.09 Å². The van der Waals surface area contributed by atoms with Gasteiger partial charge in [0.2, 0.25) is 5.91 Å². The van der Waals surface area contributed by atoms with Gasteiger partial charge in [-0.3, -0.25) is 4.79 Å². The predicted molar refractivity (Wildman–Crippen MR) is 103 cm³/mol. The average Bonchev–Trinajstić information content (AvgIpc) is 2.61. The van der Waals surface area contributed by atoms with Crippen LogP contribution in [0.5, 0.6) is 0 Å². The Bertz CT molecular complexity index is 597. The summed E-state index contributed by atoms with van der Waals surface area (Å²) < 4.78 is 5.00. The Hall–Kier alpha value is -2.04. The number of hydrogen-bond acceptors (Lipinski definition) is 3. The van der Waals surface area contributed by atoms with Crippen molar-refractivity contribution in [1.29, 1.82) is 0 Å². The number of carbonyl (C=O) groups is 2. The smallest absolute Gasteiger partial charge is 0.409 e. The van der Waals surface area contributed by atoms with Crippen molar-refractivity contribution >= 4 is 12.0 Å². The molecule has 1 aliphatic heterocycles. The van der Waals surface area contributed by atoms with Crippen LogP contribution < -0.4 is 0 Å². The van der Waals surface area contributed by atoms with E-state index in [4.69, 9.17) is 4.74 Å². The summed E-state index contributed by atoms with van der Waals surface area (Å²) in [5.74, 6) is 0.180. The molecule has 0 N–H and O–H groups in total. The molecule has 2 amide bonds. The van der Waals surface area contributed by atoms with Crippen molar-refractivity contribution in [2.24, 2.45) is 0 Å². The van der Waals surface area contributed by atoms with Crippen LogP contribution in [0.4, 0.5) is 4.79 Å². The summed E-state index contributed by atoms with van der Waals surface area (Å²) in [6.07, 6.45) is 2.05. The molecular weight excluding hydrogens is 328 g/mol. The number of carbonyl (C=O) groups excluding carboxylic acids is 2. The van der Waals surface area contributed by atoms with Gasteiger partial charge in [-0.2, -0.15) is 0 Å². The molecule has 1 saturated heterocycles. The number of aryl methyl sites for hydroxylation is 1. The molecule has 26 heavy (non-hydrogen) atoms. The summed E-state index contributed by atoms with van der Waals surface area (Å²) in [6, 6.07) is 8.71. The Kier molecular flexibility index (Phi) is 7.06. The molecule has 5 nitrogen and oxygen atoms in total. The van der Waals surface area contributed by atoms with Gasteiger partial charge in [-0.25, -0.2) is 4.79 Å². The van der Waals surface area contributed by atoms with Gasteiger partial charge in [0.25, 0.3) is 0 Å². The van der Waals surface area contributed by atoms with Gasteiger partial charge in [-0.15, -0.1) is 0 Å². The molecule has 0 aromatic heterocycles. The average molecular weight is 360 g/mol. The zero-order chi connectivity index (χ0) is 19.2. The zero-order valence-electron chi connectivity index (χ0n) is 16.6. The lowest BCUT2D eigenvalue weighted by atomic mass is 9.86. The molecule has 1 heterocycles. The van der Waals surface area contributed by atoms with Crippen molar-refractivity contribution in [3.05, 3.63) is 35.4 Å². The lowest BCUT2D eigenvalue weighted by Crippen LogP contribution is -2.50. The summed E-state index contributed by atoms with van der Waals surface area (Å²) in [5, 5.41) is 0. The van der Waals surface area contributed by atoms with Crippen molar-refractivity contribution in [3.63, 3.8) is 0 Å². The van der Waals surface area contributed by atoms with E-state index in [2.05, 4.69) is 45.0 Å². The van der Waals surface area contributed by atoms with E-state index in [1.54, 1.807) is 11.8 Å². The number of hydrogen-bond donors (Lipinski definition) is 0. The second kappa shape index (κ2) is 9.06. The lowest BCUT2D eigenvalue weighted by molar-refractivity contribution is -0.132. The highest BCUT2D eigenvalue weighted by Crippen LogP contribution is 2.22. The van der Waals surface area contributed by atoms with Crippen LogP contribution >= 0.6 is 0 Å². The molecule has 1 aromatic carbocycles. The summed E-state index contributed by atoms with van der Waals surface area (Å²) in [4.78, 5) is 27.6. The maximum atomic E-state index is 12.4. The third-order valence-electron chi connectivity index (χ3n) is 4.83. The second-order valence-electron chi connectivity index (χ2n) is 7.87. The van der Waals surface area contributed by atoms with E-state index < -0.39 is 0 Å². The molecule has 0 aliphatic carbocycles. The van der Waals surface area contributed by atoms with Crippen molar-refractivity contribution in [1.82, 2.24) is 9.80 Å². The van der Waals surface area contributed by atoms with E-state index in [1.807, 2.05) is 4.90 Å². The number of amides is 2. The highest BCUT2D eigenvalue weighted by atomic mass is 16.6. The Balaban J connectivity index is 1.72. The number of rotatable bonds is 5. The number of ether oxygens (including phenoxy) is 1. The van der Waals surface area contributed by atoms with Crippen LogP contribution in [-0.4, -0.2) is 54.6 Å². The van der Waals surface area contributed by atoms with Gasteiger partial charge in [0, 0.05) is 32.6 Å². The molecule has 1 aromatic rings. The van der Waals surface area contributed by atoms with Gasteiger partial charge in [0.15, 0.2) is 0 Å². The van der Waals surface area contributed by atoms with Crippen molar-refractivity contribution in [3.8, 4) is 0 Å². The first-order valence-corrected chi connectivity index (χ1v) is 9.60. The molecule has 0 saturated carbocycles. The summed E-state index contributed by atoms with van der Waals surface area (Å²) in [6.45, 7) is 11.1. The number of benzene rings is 1. The van der Waals surface area contributed by atoms with E-state index in [9.17, 15) is 9.59 Å². The first-order valence-electron chi connectivity index (χ1n) is 9.60. The van der Waals surface area contributed by atoms with Gasteiger partial charge in [0.1, 0.15) is 0 Å². The normalized spacial score (nSPS) is 15.1. The molecule has 5 heteroatoms. The predicted octanol–water partition coefficient (Wildman–Crippen LogP) is 3.61. The summed E-state index contributed by atoms with van der Waals surface area (Å²) >= 11 is 0. The van der Waals surface area contributed by atoms with Gasteiger partial charge in [-0.05, 0) is 36.3 Å². The van der Waals surface area contributed by atoms with E-state index in [1.165, 1.54) is 11.1 Å². The van der Waals surface area contributed by atoms with Crippen LogP contribution in [0.3, 0.4) is 0 Å². The minimum absolute atomic E-state index is 0.167. The van der Waals surface area contributed by atoms with Crippen LogP contribution in [0.2, 0.25) is 0 Å². The van der Waals surface area contributed by atoms with Crippen molar-refractivity contribution in [2.75, 3.05) is 32.8 Å². The first kappa shape index (κ1) is 20.3. The van der Waals surface area contributed by atoms with Crippen LogP contribution in [0, 0.1) is 0 Å². The molecule has 0 spiro atoms. The van der Waals surface area contributed by atoms with Crippen LogP contribution in [0.25, 0.3) is 0 Å². The maximum Gasteiger partial charge on any atom is 0.409 e. The Labute approximate surface area is 157 Å². The van der Waals surface area contributed by atoms with E-state index >= 15 is 0 Å². The number of piperazine rings is 1. The van der Waals surface area contributed by atoms with Gasteiger partial charge in [-0.1, -0.05) is 45.0 Å². The monoisotopic (exact) mass is 360 g/mol. The van der Waals surface area contributed by atoms with E-state index in [-0.39, 0.29) is 17.4 Å².